The quantitative estimate of drug-likeness (QED) is 0.747. The summed E-state index contributed by atoms with van der Waals surface area (Å²) in [6, 6.07) is 5.77. The van der Waals surface area contributed by atoms with Gasteiger partial charge in [-0.25, -0.2) is 14.4 Å². The summed E-state index contributed by atoms with van der Waals surface area (Å²) < 4.78 is 20.8. The molecular formula is C20H21FN4O2. The largest absolute Gasteiger partial charge is 0.477 e. The van der Waals surface area contributed by atoms with Crippen LogP contribution in [0, 0.1) is 12.8 Å². The number of aryl methyl sites for hydroxylation is 2. The molecule has 1 N–H and O–H groups in total. The number of pyridine rings is 2. The molecule has 0 spiro atoms. The van der Waals surface area contributed by atoms with Gasteiger partial charge in [-0.1, -0.05) is 0 Å². The zero-order valence-corrected chi connectivity index (χ0v) is 15.5. The second kappa shape index (κ2) is 6.64. The average molecular weight is 368 g/mol. The molecule has 1 fully saturated rings. The number of carbonyl (C=O) groups excluding carboxylic acids is 1. The standard InChI is InChI=1S/C20H21FN4O2/c1-4-27-20-18(11(2)5-6-22-20)15-7-12-8-17(23-10-16(12)25(15)3)24-19(26)13-9-14(13)21/h5-8,10,13-14H,4,9H2,1-3H3,(H,23,24,26)/t13-,14+/m1/s1. The number of nitrogens with one attached hydrogen (secondary N) is 1. The molecule has 0 saturated heterocycles. The summed E-state index contributed by atoms with van der Waals surface area (Å²) in [5.41, 5.74) is 3.87. The molecule has 27 heavy (non-hydrogen) atoms. The summed E-state index contributed by atoms with van der Waals surface area (Å²) in [6.07, 6.45) is 2.71. The van der Waals surface area contributed by atoms with Gasteiger partial charge in [0.05, 0.1) is 35.5 Å². The Kier molecular flexibility index (Phi) is 4.30. The van der Waals surface area contributed by atoms with Crippen LogP contribution in [0.2, 0.25) is 0 Å². The highest BCUT2D eigenvalue weighted by atomic mass is 19.1. The molecule has 140 valence electrons. The van der Waals surface area contributed by atoms with Gasteiger partial charge in [-0.3, -0.25) is 4.79 Å². The van der Waals surface area contributed by atoms with Crippen molar-refractivity contribution in [3.8, 4) is 17.1 Å². The number of fused-ring (bicyclic) bond motifs is 1. The Morgan fingerprint density at radius 3 is 2.89 bits per heavy atom. The number of nitrogens with zero attached hydrogens (tertiary/aromatic N) is 3. The molecule has 4 rings (SSSR count). The highest BCUT2D eigenvalue weighted by Gasteiger charge is 2.43. The van der Waals surface area contributed by atoms with Gasteiger partial charge in [-0.15, -0.1) is 0 Å². The van der Waals surface area contributed by atoms with Gasteiger partial charge in [-0.2, -0.15) is 0 Å². The highest BCUT2D eigenvalue weighted by Crippen LogP contribution is 2.36. The van der Waals surface area contributed by atoms with E-state index in [-0.39, 0.29) is 5.91 Å². The molecule has 1 aliphatic rings. The molecule has 0 aromatic carbocycles. The van der Waals surface area contributed by atoms with Crippen molar-refractivity contribution in [2.75, 3.05) is 11.9 Å². The van der Waals surface area contributed by atoms with Crippen LogP contribution in [0.25, 0.3) is 22.2 Å². The van der Waals surface area contributed by atoms with Crippen LogP contribution < -0.4 is 10.1 Å². The number of ether oxygens (including phenoxy) is 1. The van der Waals surface area contributed by atoms with Crippen LogP contribution in [-0.2, 0) is 11.8 Å². The molecule has 1 saturated carbocycles. The first kappa shape index (κ1) is 17.5. The molecular weight excluding hydrogens is 347 g/mol. The number of amides is 1. The van der Waals surface area contributed by atoms with Gasteiger partial charge in [0, 0.05) is 18.6 Å². The maximum Gasteiger partial charge on any atom is 0.231 e. The van der Waals surface area contributed by atoms with E-state index >= 15 is 0 Å². The summed E-state index contributed by atoms with van der Waals surface area (Å²) in [5.74, 6) is 0.164. The van der Waals surface area contributed by atoms with Crippen LogP contribution in [0.3, 0.4) is 0 Å². The van der Waals surface area contributed by atoms with Gasteiger partial charge >= 0.3 is 0 Å². The summed E-state index contributed by atoms with van der Waals surface area (Å²) in [6.45, 7) is 4.47. The molecule has 7 heteroatoms. The Hall–Kier alpha value is -2.96. The van der Waals surface area contributed by atoms with Gasteiger partial charge in [0.25, 0.3) is 0 Å². The average Bonchev–Trinajstić information content (AvgIpc) is 3.29. The normalized spacial score (nSPS) is 18.5. The molecule has 2 atom stereocenters. The number of anilines is 1. The minimum Gasteiger partial charge on any atom is -0.477 e. The van der Waals surface area contributed by atoms with Gasteiger partial charge < -0.3 is 14.6 Å². The number of rotatable bonds is 5. The van der Waals surface area contributed by atoms with Crippen LogP contribution >= 0.6 is 0 Å². The SMILES string of the molecule is CCOc1nccc(C)c1-c1cc2cc(NC(=O)[C@@H]3C[C@@H]3F)ncc2n1C. The second-order valence-corrected chi connectivity index (χ2v) is 6.81. The van der Waals surface area contributed by atoms with E-state index in [1.165, 1.54) is 0 Å². The summed E-state index contributed by atoms with van der Waals surface area (Å²) in [4.78, 5) is 20.6. The molecule has 3 aromatic heterocycles. The summed E-state index contributed by atoms with van der Waals surface area (Å²) >= 11 is 0. The lowest BCUT2D eigenvalue weighted by molar-refractivity contribution is -0.117. The molecule has 1 aliphatic carbocycles. The monoisotopic (exact) mass is 368 g/mol. The smallest absolute Gasteiger partial charge is 0.231 e. The third-order valence-electron chi connectivity index (χ3n) is 4.89. The number of aromatic nitrogens is 3. The van der Waals surface area contributed by atoms with Gasteiger partial charge in [0.2, 0.25) is 11.8 Å². The van der Waals surface area contributed by atoms with Gasteiger partial charge in [0.15, 0.2) is 0 Å². The van der Waals surface area contributed by atoms with Gasteiger partial charge in [-0.05, 0) is 44.0 Å². The Balaban J connectivity index is 1.73. The zero-order chi connectivity index (χ0) is 19.1. The van der Waals surface area contributed by atoms with E-state index in [1.807, 2.05) is 37.6 Å². The number of carbonyl (C=O) groups is 1. The Morgan fingerprint density at radius 1 is 1.41 bits per heavy atom. The number of hydrogen-bond donors (Lipinski definition) is 1. The maximum atomic E-state index is 13.1. The first-order chi connectivity index (χ1) is 13.0. The molecule has 0 unspecified atom stereocenters. The highest BCUT2D eigenvalue weighted by molar-refractivity contribution is 5.96. The van der Waals surface area contributed by atoms with Crippen molar-refractivity contribution >= 4 is 22.6 Å². The van der Waals surface area contributed by atoms with Crippen molar-refractivity contribution < 1.29 is 13.9 Å². The number of hydrogen-bond acceptors (Lipinski definition) is 4. The van der Waals surface area contributed by atoms with Crippen LogP contribution in [-0.4, -0.2) is 33.2 Å². The van der Waals surface area contributed by atoms with E-state index in [9.17, 15) is 9.18 Å². The summed E-state index contributed by atoms with van der Waals surface area (Å²) in [7, 11) is 1.96. The molecule has 3 heterocycles. The minimum atomic E-state index is -1.03. The van der Waals surface area contributed by atoms with E-state index in [1.54, 1.807) is 18.5 Å². The van der Waals surface area contributed by atoms with Crippen molar-refractivity contribution in [1.82, 2.24) is 14.5 Å². The molecule has 6 nitrogen and oxygen atoms in total. The lowest BCUT2D eigenvalue weighted by Gasteiger charge is -2.12. The van der Waals surface area contributed by atoms with Gasteiger partial charge in [0.1, 0.15) is 12.0 Å². The van der Waals surface area contributed by atoms with Crippen molar-refractivity contribution in [2.45, 2.75) is 26.4 Å². The van der Waals surface area contributed by atoms with Crippen LogP contribution in [0.5, 0.6) is 5.88 Å². The maximum absolute atomic E-state index is 13.1. The zero-order valence-electron chi connectivity index (χ0n) is 15.5. The topological polar surface area (TPSA) is 69.0 Å². The lowest BCUT2D eigenvalue weighted by Crippen LogP contribution is -2.15. The van der Waals surface area contributed by atoms with Crippen molar-refractivity contribution in [3.05, 3.63) is 36.2 Å². The Bertz CT molecular complexity index is 1030. The Labute approximate surface area is 156 Å². The van der Waals surface area contributed by atoms with E-state index in [4.69, 9.17) is 4.74 Å². The molecule has 0 radical (unpaired) electrons. The van der Waals surface area contributed by atoms with E-state index < -0.39 is 12.1 Å². The fraction of sp³-hybridized carbons (Fsp3) is 0.350. The van der Waals surface area contributed by atoms with Crippen molar-refractivity contribution in [2.24, 2.45) is 13.0 Å². The first-order valence-corrected chi connectivity index (χ1v) is 8.98. The van der Waals surface area contributed by atoms with E-state index in [0.29, 0.717) is 24.7 Å². The van der Waals surface area contributed by atoms with Crippen LogP contribution in [0.1, 0.15) is 18.9 Å². The molecule has 0 bridgehead atoms. The van der Waals surface area contributed by atoms with Crippen LogP contribution in [0.15, 0.2) is 30.6 Å². The fourth-order valence-corrected chi connectivity index (χ4v) is 3.29. The molecule has 1 amide bonds. The van der Waals surface area contributed by atoms with Crippen molar-refractivity contribution in [3.63, 3.8) is 0 Å². The minimum absolute atomic E-state index is 0.296. The lowest BCUT2D eigenvalue weighted by atomic mass is 10.1. The number of alkyl halides is 1. The Morgan fingerprint density at radius 2 is 2.19 bits per heavy atom. The molecule has 3 aromatic rings. The predicted molar refractivity (Wildman–Crippen MR) is 101 cm³/mol. The van der Waals surface area contributed by atoms with E-state index in [2.05, 4.69) is 15.3 Å². The third kappa shape index (κ3) is 3.13. The fourth-order valence-electron chi connectivity index (χ4n) is 3.29. The first-order valence-electron chi connectivity index (χ1n) is 8.98. The predicted octanol–water partition coefficient (Wildman–Crippen LogP) is 3.64. The molecule has 0 aliphatic heterocycles. The third-order valence-corrected chi connectivity index (χ3v) is 4.89. The van der Waals surface area contributed by atoms with Crippen LogP contribution in [0.4, 0.5) is 10.2 Å². The summed E-state index contributed by atoms with van der Waals surface area (Å²) in [5, 5.41) is 3.63. The van der Waals surface area contributed by atoms with E-state index in [0.717, 1.165) is 27.7 Å². The number of halogens is 1. The second-order valence-electron chi connectivity index (χ2n) is 6.81. The van der Waals surface area contributed by atoms with Crippen molar-refractivity contribution in [1.29, 1.82) is 0 Å².